The highest BCUT2D eigenvalue weighted by molar-refractivity contribution is 7.16. The molecule has 0 radical (unpaired) electrons. The van der Waals surface area contributed by atoms with Gasteiger partial charge in [-0.3, -0.25) is 0 Å². The van der Waals surface area contributed by atoms with Gasteiger partial charge in [0.25, 0.3) is 0 Å². The molecule has 12 aromatic carbocycles. The number of nitrogens with zero attached hydrogens (tertiary/aromatic N) is 6. The van der Waals surface area contributed by atoms with Gasteiger partial charge in [-0.25, -0.2) is 0 Å². The number of para-hydroxylation sites is 9. The summed E-state index contributed by atoms with van der Waals surface area (Å²) in [4.78, 5) is 7.16. The van der Waals surface area contributed by atoms with Crippen LogP contribution in [0.25, 0.3) is 33.4 Å². The number of benzene rings is 12. The fraction of sp³-hybridized carbons (Fsp3) is 0. The molecule has 81 heavy (non-hydrogen) atoms. The maximum absolute atomic E-state index is 2.75. The number of hydrogen-bond donors (Lipinski definition) is 0. The number of anilines is 12. The molecule has 16 rings (SSSR count). The molecular formula is C72H51B3N6. The zero-order chi connectivity index (χ0) is 53.4. The Balaban J connectivity index is 0.953. The van der Waals surface area contributed by atoms with Crippen molar-refractivity contribution in [1.82, 2.24) is 0 Å². The average molecular weight is 1030 g/mol. The molecule has 4 heterocycles. The molecule has 0 amide bonds. The quantitative estimate of drug-likeness (QED) is 0.133. The summed E-state index contributed by atoms with van der Waals surface area (Å²) in [6.07, 6.45) is 0. The van der Waals surface area contributed by atoms with Crippen LogP contribution in [-0.2, 0) is 0 Å². The van der Waals surface area contributed by atoms with Crippen molar-refractivity contribution < 1.29 is 0 Å². The van der Waals surface area contributed by atoms with Gasteiger partial charge in [0.1, 0.15) is 0 Å². The highest BCUT2D eigenvalue weighted by Crippen LogP contribution is 2.51. The second-order valence-electron chi connectivity index (χ2n) is 21.2. The topological polar surface area (TPSA) is 19.4 Å². The van der Waals surface area contributed by atoms with Crippen molar-refractivity contribution in [3.8, 4) is 33.4 Å². The van der Waals surface area contributed by atoms with E-state index in [4.69, 9.17) is 0 Å². The van der Waals surface area contributed by atoms with Crippen molar-refractivity contribution in [3.05, 3.63) is 309 Å². The van der Waals surface area contributed by atoms with Crippen LogP contribution in [0.5, 0.6) is 0 Å². The predicted octanol–water partition coefficient (Wildman–Crippen LogP) is 16.1. The van der Waals surface area contributed by atoms with E-state index < -0.39 is 0 Å². The molecule has 12 aromatic rings. The Kier molecular flexibility index (Phi) is 11.1. The highest BCUT2D eigenvalue weighted by Gasteiger charge is 2.61. The molecule has 1 saturated heterocycles. The lowest BCUT2D eigenvalue weighted by Gasteiger charge is -2.61. The van der Waals surface area contributed by atoms with E-state index in [1.165, 1.54) is 66.8 Å². The first-order chi connectivity index (χ1) is 40.2. The summed E-state index contributed by atoms with van der Waals surface area (Å²) in [6, 6.07) is 114. The number of rotatable bonds is 9. The normalized spacial score (nSPS) is 13.0. The van der Waals surface area contributed by atoms with Crippen molar-refractivity contribution in [2.45, 2.75) is 0 Å². The van der Waals surface area contributed by atoms with E-state index in [0.717, 1.165) is 51.2 Å². The summed E-state index contributed by atoms with van der Waals surface area (Å²) in [5.74, 6) is 0. The van der Waals surface area contributed by atoms with Crippen LogP contribution in [0.1, 0.15) is 0 Å². The Morgan fingerprint density at radius 3 is 0.630 bits per heavy atom. The first-order valence-electron chi connectivity index (χ1n) is 28.0. The van der Waals surface area contributed by atoms with E-state index in [9.17, 15) is 0 Å². The minimum Gasteiger partial charge on any atom is -0.416 e. The minimum atomic E-state index is -0.237. The van der Waals surface area contributed by atoms with Crippen LogP contribution in [0.2, 0.25) is 0 Å². The lowest BCUT2D eigenvalue weighted by molar-refractivity contribution is 1.25. The molecule has 0 aromatic heterocycles. The Hall–Kier alpha value is -10.4. The molecule has 0 unspecified atom stereocenters. The van der Waals surface area contributed by atoms with Crippen molar-refractivity contribution in [2.75, 3.05) is 28.9 Å². The molecule has 0 spiro atoms. The van der Waals surface area contributed by atoms with Gasteiger partial charge in [-0.05, 0) is 160 Å². The van der Waals surface area contributed by atoms with Crippen LogP contribution in [0, 0.1) is 0 Å². The first kappa shape index (κ1) is 46.7. The Labute approximate surface area is 474 Å². The molecular weight excluding hydrogens is 981 g/mol. The lowest BCUT2D eigenvalue weighted by atomic mass is 9.34. The summed E-state index contributed by atoms with van der Waals surface area (Å²) in [5.41, 5.74) is 24.6. The van der Waals surface area contributed by atoms with E-state index in [2.05, 4.69) is 338 Å². The maximum Gasteiger partial charge on any atom is 0.389 e. The fourth-order valence-corrected chi connectivity index (χ4v) is 13.5. The summed E-state index contributed by atoms with van der Waals surface area (Å²) in [7, 11) is 0. The zero-order valence-corrected chi connectivity index (χ0v) is 44.4. The van der Waals surface area contributed by atoms with Crippen LogP contribution >= 0.6 is 0 Å². The summed E-state index contributed by atoms with van der Waals surface area (Å²) < 4.78 is 8.26. The Morgan fingerprint density at radius 1 is 0.185 bits per heavy atom. The molecule has 0 aliphatic carbocycles. The second-order valence-corrected chi connectivity index (χ2v) is 21.2. The second kappa shape index (κ2) is 19.2. The smallest absolute Gasteiger partial charge is 0.389 e. The molecule has 0 saturated carbocycles. The summed E-state index contributed by atoms with van der Waals surface area (Å²) in [5, 5.41) is 0. The van der Waals surface area contributed by atoms with Gasteiger partial charge in [-0.2, -0.15) is 0 Å². The average Bonchev–Trinajstić information content (AvgIpc) is 2.01. The van der Waals surface area contributed by atoms with Crippen LogP contribution in [-0.4, -0.2) is 20.9 Å². The zero-order valence-electron chi connectivity index (χ0n) is 44.4. The molecule has 378 valence electrons. The van der Waals surface area contributed by atoms with Crippen molar-refractivity contribution in [1.29, 1.82) is 0 Å². The van der Waals surface area contributed by atoms with Gasteiger partial charge >= 0.3 is 20.9 Å². The van der Waals surface area contributed by atoms with Gasteiger partial charge in [-0.1, -0.05) is 182 Å². The standard InChI is InChI=1S/C72H51B3N6/c1-7-25-52(26-8-1)76(53-27-9-2-10-28-53)58-43-46-67-64(49-58)61-37-19-22-40-70(61)79-73(67)80-71-41-23-20-38-62(71)65-50-60(78(56-33-15-5-16-34-56)57-35-17-6-18-36-57)45-48-69(65)75(80)81-72-42-24-21-39-63(72)66-51-59(44-47-68(66)74(79)81)77(54-29-11-3-12-30-54)55-31-13-4-14-32-55/h1-51H. The SMILES string of the molecule is c1ccc(N(c2ccccc2)c2ccc3c(c2)-c2ccccc2N2B3N3B(c4ccc(N(c5ccccc5)c5ccccc5)cc4-c4ccccc43)N3B2c2ccc(N(c4ccccc4)c4ccccc4)cc2-c2ccccc23)cc1. The van der Waals surface area contributed by atoms with Crippen molar-refractivity contribution in [2.24, 2.45) is 0 Å². The van der Waals surface area contributed by atoms with E-state index in [0.29, 0.717) is 0 Å². The first-order valence-corrected chi connectivity index (χ1v) is 28.0. The highest BCUT2D eigenvalue weighted by atomic mass is 15.3. The fourth-order valence-electron chi connectivity index (χ4n) is 13.5. The molecule has 1 fully saturated rings. The van der Waals surface area contributed by atoms with Gasteiger partial charge < -0.3 is 28.9 Å². The summed E-state index contributed by atoms with van der Waals surface area (Å²) >= 11 is 0. The van der Waals surface area contributed by atoms with Crippen molar-refractivity contribution in [3.63, 3.8) is 0 Å². The van der Waals surface area contributed by atoms with E-state index in [1.54, 1.807) is 0 Å². The summed E-state index contributed by atoms with van der Waals surface area (Å²) in [6.45, 7) is -0.711. The van der Waals surface area contributed by atoms with E-state index in [1.807, 2.05) is 0 Å². The molecule has 0 atom stereocenters. The Morgan fingerprint density at radius 2 is 0.395 bits per heavy atom. The molecule has 0 bridgehead atoms. The number of hydrogen-bond acceptors (Lipinski definition) is 6. The third-order valence-electron chi connectivity index (χ3n) is 16.8. The van der Waals surface area contributed by atoms with Gasteiger partial charge in [0, 0.05) is 84.9 Å². The van der Waals surface area contributed by atoms with E-state index in [-0.39, 0.29) is 20.9 Å². The largest absolute Gasteiger partial charge is 0.416 e. The molecule has 4 aliphatic rings. The van der Waals surface area contributed by atoms with Crippen molar-refractivity contribution >= 4 is 106 Å². The van der Waals surface area contributed by atoms with Crippen LogP contribution in [0.3, 0.4) is 0 Å². The third-order valence-corrected chi connectivity index (χ3v) is 16.8. The molecule has 0 N–H and O–H groups in total. The van der Waals surface area contributed by atoms with E-state index >= 15 is 0 Å². The van der Waals surface area contributed by atoms with Gasteiger partial charge in [0.2, 0.25) is 0 Å². The molecule has 9 heteroatoms. The van der Waals surface area contributed by atoms with Gasteiger partial charge in [-0.15, -0.1) is 0 Å². The van der Waals surface area contributed by atoms with Gasteiger partial charge in [0.15, 0.2) is 0 Å². The molecule has 4 aliphatic heterocycles. The predicted molar refractivity (Wildman–Crippen MR) is 343 cm³/mol. The molecule has 6 nitrogen and oxygen atoms in total. The third kappa shape index (κ3) is 7.53. The monoisotopic (exact) mass is 1030 g/mol. The van der Waals surface area contributed by atoms with Crippen LogP contribution in [0.4, 0.5) is 68.2 Å². The van der Waals surface area contributed by atoms with Crippen LogP contribution < -0.4 is 45.3 Å². The lowest BCUT2D eigenvalue weighted by Crippen LogP contribution is -2.88. The maximum atomic E-state index is 2.75. The Bertz CT molecular complexity index is 3740. The number of fused-ring (bicyclic) bond motifs is 21. The van der Waals surface area contributed by atoms with Crippen LogP contribution in [0.15, 0.2) is 309 Å². The minimum absolute atomic E-state index is 0.237. The van der Waals surface area contributed by atoms with Gasteiger partial charge in [0.05, 0.1) is 0 Å².